The number of hydrogen-bond acceptors (Lipinski definition) is 5. The van der Waals surface area contributed by atoms with E-state index in [1.165, 1.54) is 0 Å². The number of nitrogens with one attached hydrogen (secondary N) is 1. The Kier molecular flexibility index (Phi) is 6.65. The van der Waals surface area contributed by atoms with Crippen LogP contribution in [0.2, 0.25) is 0 Å². The quantitative estimate of drug-likeness (QED) is 0.291. The Morgan fingerprint density at radius 1 is 1.37 bits per heavy atom. The minimum atomic E-state index is -0.461. The molecule has 1 rings (SSSR count). The average Bonchev–Trinajstić information content (AvgIpc) is 2.66. The van der Waals surface area contributed by atoms with E-state index in [0.717, 1.165) is 24.1 Å². The number of nitrogens with zero attached hydrogens (tertiary/aromatic N) is 1. The summed E-state index contributed by atoms with van der Waals surface area (Å²) in [6.45, 7) is 7.46. The Morgan fingerprint density at radius 3 is 2.68 bits per heavy atom. The highest BCUT2D eigenvalue weighted by Crippen LogP contribution is 2.22. The van der Waals surface area contributed by atoms with Crippen LogP contribution in [0, 0.1) is 0 Å². The second kappa shape index (κ2) is 7.52. The summed E-state index contributed by atoms with van der Waals surface area (Å²) < 4.78 is 17.6. The molecule has 1 aliphatic rings. The standard InChI is InChI=1S/C13H29N2O4/c1-13(2)17-10-12(19-13)9-16-8-6-7-15(4,5)11-18-14-3/h12,14H,6-11H2,1-5H3/q+1. The molecule has 0 saturated carbocycles. The fraction of sp³-hybridized carbons (Fsp3) is 1.00. The highest BCUT2D eigenvalue weighted by molar-refractivity contribution is 4.70. The van der Waals surface area contributed by atoms with E-state index in [9.17, 15) is 0 Å². The molecule has 0 radical (unpaired) electrons. The van der Waals surface area contributed by atoms with Gasteiger partial charge in [-0.15, -0.1) is 0 Å². The summed E-state index contributed by atoms with van der Waals surface area (Å²) in [4.78, 5) is 5.20. The first-order chi connectivity index (χ1) is 8.85. The third-order valence-corrected chi connectivity index (χ3v) is 2.98. The molecule has 6 heteroatoms. The smallest absolute Gasteiger partial charge is 0.201 e. The SMILES string of the molecule is CNOC[N+](C)(C)CCCOCC1COC(C)(C)O1. The van der Waals surface area contributed by atoms with Gasteiger partial charge >= 0.3 is 0 Å². The van der Waals surface area contributed by atoms with Crippen LogP contribution in [0.15, 0.2) is 0 Å². The lowest BCUT2D eigenvalue weighted by Gasteiger charge is -2.28. The Morgan fingerprint density at radius 2 is 2.11 bits per heavy atom. The van der Waals surface area contributed by atoms with Crippen molar-refractivity contribution in [2.45, 2.75) is 32.2 Å². The molecule has 1 N–H and O–H groups in total. The zero-order chi connectivity index (χ0) is 14.4. The van der Waals surface area contributed by atoms with Gasteiger partial charge in [-0.2, -0.15) is 5.48 Å². The molecule has 0 aliphatic carbocycles. The lowest BCUT2D eigenvalue weighted by Crippen LogP contribution is -2.44. The number of quaternary nitrogens is 1. The number of hydroxylamine groups is 1. The Labute approximate surface area is 116 Å². The van der Waals surface area contributed by atoms with E-state index >= 15 is 0 Å². The van der Waals surface area contributed by atoms with Gasteiger partial charge in [0.25, 0.3) is 0 Å². The van der Waals surface area contributed by atoms with Gasteiger partial charge < -0.3 is 18.7 Å². The molecule has 6 nitrogen and oxygen atoms in total. The summed E-state index contributed by atoms with van der Waals surface area (Å²) in [5, 5.41) is 0. The molecule has 1 heterocycles. The van der Waals surface area contributed by atoms with E-state index in [0.29, 0.717) is 19.9 Å². The van der Waals surface area contributed by atoms with Crippen molar-refractivity contribution >= 4 is 0 Å². The lowest BCUT2D eigenvalue weighted by atomic mass is 10.3. The van der Waals surface area contributed by atoms with Crippen LogP contribution in [-0.2, 0) is 19.0 Å². The predicted octanol–water partition coefficient (Wildman–Crippen LogP) is 0.730. The van der Waals surface area contributed by atoms with E-state index < -0.39 is 5.79 Å². The van der Waals surface area contributed by atoms with Crippen LogP contribution in [0.25, 0.3) is 0 Å². The van der Waals surface area contributed by atoms with Crippen LogP contribution >= 0.6 is 0 Å². The van der Waals surface area contributed by atoms with Gasteiger partial charge in [0.05, 0.1) is 40.5 Å². The molecule has 1 fully saturated rings. The van der Waals surface area contributed by atoms with Crippen molar-refractivity contribution in [2.24, 2.45) is 0 Å². The van der Waals surface area contributed by atoms with E-state index in [-0.39, 0.29) is 6.10 Å². The minimum Gasteiger partial charge on any atom is -0.378 e. The van der Waals surface area contributed by atoms with Crippen molar-refractivity contribution in [1.29, 1.82) is 0 Å². The third-order valence-electron chi connectivity index (χ3n) is 2.98. The molecule has 19 heavy (non-hydrogen) atoms. The third kappa shape index (κ3) is 7.20. The molecule has 1 atom stereocenters. The van der Waals surface area contributed by atoms with Gasteiger partial charge in [-0.25, -0.2) is 4.84 Å². The zero-order valence-electron chi connectivity index (χ0n) is 12.9. The van der Waals surface area contributed by atoms with Crippen LogP contribution in [0.1, 0.15) is 20.3 Å². The van der Waals surface area contributed by atoms with Crippen molar-refractivity contribution in [3.8, 4) is 0 Å². The van der Waals surface area contributed by atoms with Gasteiger partial charge in [0.1, 0.15) is 6.10 Å². The highest BCUT2D eigenvalue weighted by Gasteiger charge is 2.32. The second-order valence-corrected chi connectivity index (χ2v) is 6.02. The summed E-state index contributed by atoms with van der Waals surface area (Å²) in [6.07, 6.45) is 1.06. The fourth-order valence-electron chi connectivity index (χ4n) is 1.96. The predicted molar refractivity (Wildman–Crippen MR) is 72.3 cm³/mol. The van der Waals surface area contributed by atoms with E-state index in [1.807, 2.05) is 13.8 Å². The maximum Gasteiger partial charge on any atom is 0.201 e. The summed E-state index contributed by atoms with van der Waals surface area (Å²) in [6, 6.07) is 0. The second-order valence-electron chi connectivity index (χ2n) is 6.02. The molecular formula is C13H29N2O4+. The molecule has 0 spiro atoms. The van der Waals surface area contributed by atoms with Crippen molar-refractivity contribution in [1.82, 2.24) is 5.48 Å². The maximum absolute atomic E-state index is 5.67. The van der Waals surface area contributed by atoms with Crippen molar-refractivity contribution in [3.05, 3.63) is 0 Å². The molecule has 0 bridgehead atoms. The Hall–Kier alpha value is -0.240. The van der Waals surface area contributed by atoms with Gasteiger partial charge in [-0.3, -0.25) is 0 Å². The molecule has 0 aromatic rings. The van der Waals surface area contributed by atoms with Gasteiger partial charge in [0.15, 0.2) is 5.79 Å². The van der Waals surface area contributed by atoms with E-state index in [4.69, 9.17) is 19.0 Å². The molecule has 1 aliphatic heterocycles. The van der Waals surface area contributed by atoms with E-state index in [2.05, 4.69) is 19.6 Å². The number of rotatable bonds is 9. The number of ether oxygens (including phenoxy) is 3. The monoisotopic (exact) mass is 277 g/mol. The maximum atomic E-state index is 5.67. The van der Waals surface area contributed by atoms with Gasteiger partial charge in [0, 0.05) is 13.5 Å². The fourth-order valence-corrected chi connectivity index (χ4v) is 1.96. The molecule has 0 aromatic heterocycles. The van der Waals surface area contributed by atoms with Crippen molar-refractivity contribution in [2.75, 3.05) is 54.2 Å². The van der Waals surface area contributed by atoms with Crippen molar-refractivity contribution < 1.29 is 23.5 Å². The topological polar surface area (TPSA) is 49.0 Å². The molecular weight excluding hydrogens is 248 g/mol. The summed E-state index contributed by atoms with van der Waals surface area (Å²) in [5.41, 5.74) is 2.69. The van der Waals surface area contributed by atoms with Crippen LogP contribution in [0.4, 0.5) is 0 Å². The van der Waals surface area contributed by atoms with Crippen LogP contribution in [0.3, 0.4) is 0 Å². The molecule has 114 valence electrons. The van der Waals surface area contributed by atoms with Crippen molar-refractivity contribution in [3.63, 3.8) is 0 Å². The molecule has 1 unspecified atom stereocenters. The van der Waals surface area contributed by atoms with E-state index in [1.54, 1.807) is 7.05 Å². The minimum absolute atomic E-state index is 0.0603. The zero-order valence-corrected chi connectivity index (χ0v) is 12.9. The Bertz CT molecular complexity index is 259. The largest absolute Gasteiger partial charge is 0.378 e. The van der Waals surface area contributed by atoms with Crippen LogP contribution < -0.4 is 5.48 Å². The highest BCUT2D eigenvalue weighted by atomic mass is 16.7. The normalized spacial score (nSPS) is 22.9. The first kappa shape index (κ1) is 16.8. The van der Waals surface area contributed by atoms with Gasteiger partial charge in [0.2, 0.25) is 6.73 Å². The molecule has 0 amide bonds. The lowest BCUT2D eigenvalue weighted by molar-refractivity contribution is -0.911. The summed E-state index contributed by atoms with van der Waals surface area (Å²) in [5.74, 6) is -0.461. The molecule has 1 saturated heterocycles. The first-order valence-corrected chi connectivity index (χ1v) is 6.85. The summed E-state index contributed by atoms with van der Waals surface area (Å²) >= 11 is 0. The van der Waals surface area contributed by atoms with Gasteiger partial charge in [-0.05, 0) is 13.8 Å². The van der Waals surface area contributed by atoms with Crippen LogP contribution in [-0.4, -0.2) is 70.6 Å². The molecule has 0 aromatic carbocycles. The number of hydrogen-bond donors (Lipinski definition) is 1. The average molecular weight is 277 g/mol. The van der Waals surface area contributed by atoms with Crippen LogP contribution in [0.5, 0.6) is 0 Å². The summed E-state index contributed by atoms with van der Waals surface area (Å²) in [7, 11) is 6.04. The Balaban J connectivity index is 2.02. The van der Waals surface area contributed by atoms with Gasteiger partial charge in [-0.1, -0.05) is 0 Å². The first-order valence-electron chi connectivity index (χ1n) is 6.85.